The molecule has 0 spiro atoms. The second kappa shape index (κ2) is 4.97. The predicted molar refractivity (Wildman–Crippen MR) is 66.6 cm³/mol. The molecule has 1 aromatic carbocycles. The molecule has 1 unspecified atom stereocenters. The highest BCUT2D eigenvalue weighted by Crippen LogP contribution is 2.31. The van der Waals surface area contributed by atoms with Crippen molar-refractivity contribution >= 4 is 5.82 Å². The number of hydrogen-bond donors (Lipinski definition) is 3. The van der Waals surface area contributed by atoms with E-state index < -0.39 is 6.10 Å². The van der Waals surface area contributed by atoms with Crippen LogP contribution in [0, 0.1) is 0 Å². The van der Waals surface area contributed by atoms with Crippen LogP contribution in [-0.4, -0.2) is 29.5 Å². The normalized spacial score (nSPS) is 12.2. The molecular formula is C12H15N3O3. The lowest BCUT2D eigenvalue weighted by atomic mass is 10.0. The van der Waals surface area contributed by atoms with Crippen molar-refractivity contribution in [3.8, 4) is 11.5 Å². The van der Waals surface area contributed by atoms with Gasteiger partial charge in [0.15, 0.2) is 0 Å². The van der Waals surface area contributed by atoms with Crippen LogP contribution in [-0.2, 0) is 0 Å². The van der Waals surface area contributed by atoms with Crippen LogP contribution in [0.25, 0.3) is 0 Å². The van der Waals surface area contributed by atoms with Crippen molar-refractivity contribution in [2.24, 2.45) is 0 Å². The predicted octanol–water partition coefficient (Wildman–Crippen LogP) is 1.09. The van der Waals surface area contributed by atoms with Gasteiger partial charge in [-0.3, -0.25) is 5.10 Å². The molecule has 1 atom stereocenters. The first kappa shape index (κ1) is 12.3. The lowest BCUT2D eigenvalue weighted by molar-refractivity contribution is 0.220. The van der Waals surface area contributed by atoms with Crippen molar-refractivity contribution in [1.82, 2.24) is 10.2 Å². The van der Waals surface area contributed by atoms with Gasteiger partial charge < -0.3 is 20.3 Å². The molecule has 0 aliphatic carbocycles. The van der Waals surface area contributed by atoms with Gasteiger partial charge in [0.05, 0.1) is 20.4 Å². The summed E-state index contributed by atoms with van der Waals surface area (Å²) in [6, 6.07) is 5.17. The van der Waals surface area contributed by atoms with Crippen molar-refractivity contribution in [2.45, 2.75) is 6.10 Å². The minimum absolute atomic E-state index is 0.337. The SMILES string of the molecule is COc1cc(OC)cc(C(O)c2cn[nH]c2N)c1. The van der Waals surface area contributed by atoms with E-state index in [1.54, 1.807) is 32.4 Å². The fourth-order valence-corrected chi connectivity index (χ4v) is 1.69. The summed E-state index contributed by atoms with van der Waals surface area (Å²) in [7, 11) is 3.11. The Bertz CT molecular complexity index is 517. The van der Waals surface area contributed by atoms with E-state index in [-0.39, 0.29) is 0 Å². The average Bonchev–Trinajstić information content (AvgIpc) is 2.83. The van der Waals surface area contributed by atoms with E-state index in [1.807, 2.05) is 0 Å². The zero-order valence-electron chi connectivity index (χ0n) is 10.2. The number of ether oxygens (including phenoxy) is 2. The summed E-state index contributed by atoms with van der Waals surface area (Å²) in [5.74, 6) is 1.54. The molecule has 2 rings (SSSR count). The number of nitrogens with two attached hydrogens (primary N) is 1. The number of nitrogens with zero attached hydrogens (tertiary/aromatic N) is 1. The van der Waals surface area contributed by atoms with Gasteiger partial charge in [-0.15, -0.1) is 0 Å². The summed E-state index contributed by atoms with van der Waals surface area (Å²) < 4.78 is 10.3. The highest BCUT2D eigenvalue weighted by molar-refractivity contribution is 5.47. The van der Waals surface area contributed by atoms with Gasteiger partial charge in [0.25, 0.3) is 0 Å². The number of anilines is 1. The van der Waals surface area contributed by atoms with Gasteiger partial charge in [-0.05, 0) is 17.7 Å². The van der Waals surface area contributed by atoms with Crippen LogP contribution < -0.4 is 15.2 Å². The molecule has 0 fully saturated rings. The molecule has 96 valence electrons. The number of aromatic nitrogens is 2. The Morgan fingerprint density at radius 1 is 1.22 bits per heavy atom. The van der Waals surface area contributed by atoms with Crippen LogP contribution in [0.5, 0.6) is 11.5 Å². The summed E-state index contributed by atoms with van der Waals surface area (Å²) >= 11 is 0. The van der Waals surface area contributed by atoms with Crippen LogP contribution in [0.15, 0.2) is 24.4 Å². The molecule has 2 aromatic rings. The van der Waals surface area contributed by atoms with E-state index in [2.05, 4.69) is 10.2 Å². The van der Waals surface area contributed by atoms with E-state index >= 15 is 0 Å². The maximum atomic E-state index is 10.3. The molecular weight excluding hydrogens is 234 g/mol. The number of nitrogen functional groups attached to an aromatic ring is 1. The van der Waals surface area contributed by atoms with E-state index in [1.165, 1.54) is 6.20 Å². The third-order valence-electron chi connectivity index (χ3n) is 2.68. The van der Waals surface area contributed by atoms with E-state index in [0.29, 0.717) is 28.4 Å². The molecule has 0 radical (unpaired) electrons. The van der Waals surface area contributed by atoms with Crippen molar-refractivity contribution < 1.29 is 14.6 Å². The van der Waals surface area contributed by atoms with Crippen LogP contribution in [0.3, 0.4) is 0 Å². The van der Waals surface area contributed by atoms with Crippen molar-refractivity contribution in [3.05, 3.63) is 35.5 Å². The number of aliphatic hydroxyl groups is 1. The highest BCUT2D eigenvalue weighted by atomic mass is 16.5. The molecule has 1 heterocycles. The summed E-state index contributed by atoms with van der Waals surface area (Å²) in [5.41, 5.74) is 6.82. The quantitative estimate of drug-likeness (QED) is 0.754. The zero-order chi connectivity index (χ0) is 13.1. The fraction of sp³-hybridized carbons (Fsp3) is 0.250. The van der Waals surface area contributed by atoms with Gasteiger partial charge in [0.2, 0.25) is 0 Å². The lowest BCUT2D eigenvalue weighted by Crippen LogP contribution is -2.03. The Morgan fingerprint density at radius 2 is 1.83 bits per heavy atom. The standard InChI is InChI=1S/C12H15N3O3/c1-17-8-3-7(4-9(5-8)18-2)11(16)10-6-14-15-12(10)13/h3-6,11,16H,1-2H3,(H3,13,14,15). The van der Waals surface area contributed by atoms with Crippen LogP contribution in [0.1, 0.15) is 17.2 Å². The number of hydrogen-bond acceptors (Lipinski definition) is 5. The van der Waals surface area contributed by atoms with Crippen molar-refractivity contribution in [3.63, 3.8) is 0 Å². The molecule has 0 amide bonds. The Hall–Kier alpha value is -2.21. The first-order chi connectivity index (χ1) is 8.65. The largest absolute Gasteiger partial charge is 0.497 e. The van der Waals surface area contributed by atoms with Gasteiger partial charge in [-0.25, -0.2) is 0 Å². The molecule has 1 aromatic heterocycles. The van der Waals surface area contributed by atoms with Crippen LogP contribution >= 0.6 is 0 Å². The highest BCUT2D eigenvalue weighted by Gasteiger charge is 2.17. The summed E-state index contributed by atoms with van der Waals surface area (Å²) in [6.45, 7) is 0. The van der Waals surface area contributed by atoms with Crippen LogP contribution in [0.2, 0.25) is 0 Å². The zero-order valence-corrected chi connectivity index (χ0v) is 10.2. The topological polar surface area (TPSA) is 93.4 Å². The molecule has 6 heteroatoms. The summed E-state index contributed by atoms with van der Waals surface area (Å²) in [5, 5.41) is 16.6. The lowest BCUT2D eigenvalue weighted by Gasteiger charge is -2.13. The number of aliphatic hydroxyl groups excluding tert-OH is 1. The number of benzene rings is 1. The Balaban J connectivity index is 2.41. The van der Waals surface area contributed by atoms with Gasteiger partial charge in [0, 0.05) is 11.6 Å². The minimum atomic E-state index is -0.882. The van der Waals surface area contributed by atoms with E-state index in [9.17, 15) is 5.11 Å². The number of H-pyrrole nitrogens is 1. The Kier molecular flexibility index (Phi) is 3.38. The third kappa shape index (κ3) is 2.23. The van der Waals surface area contributed by atoms with Crippen molar-refractivity contribution in [1.29, 1.82) is 0 Å². The van der Waals surface area contributed by atoms with Gasteiger partial charge in [-0.2, -0.15) is 5.10 Å². The smallest absolute Gasteiger partial charge is 0.125 e. The Labute approximate surface area is 104 Å². The maximum absolute atomic E-state index is 10.3. The third-order valence-corrected chi connectivity index (χ3v) is 2.68. The van der Waals surface area contributed by atoms with Crippen LogP contribution in [0.4, 0.5) is 5.82 Å². The maximum Gasteiger partial charge on any atom is 0.125 e. The van der Waals surface area contributed by atoms with E-state index in [0.717, 1.165) is 0 Å². The molecule has 0 aliphatic rings. The molecule has 0 bridgehead atoms. The molecule has 0 saturated carbocycles. The number of aromatic amines is 1. The first-order valence-electron chi connectivity index (χ1n) is 5.35. The average molecular weight is 249 g/mol. The molecule has 0 saturated heterocycles. The number of nitrogens with one attached hydrogen (secondary N) is 1. The second-order valence-corrected chi connectivity index (χ2v) is 3.79. The molecule has 0 aliphatic heterocycles. The number of rotatable bonds is 4. The molecule has 18 heavy (non-hydrogen) atoms. The fourth-order valence-electron chi connectivity index (χ4n) is 1.69. The monoisotopic (exact) mass is 249 g/mol. The Morgan fingerprint density at radius 3 is 2.28 bits per heavy atom. The van der Waals surface area contributed by atoms with Gasteiger partial charge >= 0.3 is 0 Å². The van der Waals surface area contributed by atoms with Gasteiger partial charge in [-0.1, -0.05) is 0 Å². The van der Waals surface area contributed by atoms with Crippen molar-refractivity contribution in [2.75, 3.05) is 20.0 Å². The van der Waals surface area contributed by atoms with Gasteiger partial charge in [0.1, 0.15) is 23.4 Å². The molecule has 4 N–H and O–H groups in total. The number of methoxy groups -OCH3 is 2. The van der Waals surface area contributed by atoms with E-state index in [4.69, 9.17) is 15.2 Å². The molecule has 6 nitrogen and oxygen atoms in total. The summed E-state index contributed by atoms with van der Waals surface area (Å²) in [6.07, 6.45) is 0.610. The first-order valence-corrected chi connectivity index (χ1v) is 5.35. The minimum Gasteiger partial charge on any atom is -0.497 e. The second-order valence-electron chi connectivity index (χ2n) is 3.79. The summed E-state index contributed by atoms with van der Waals surface area (Å²) in [4.78, 5) is 0.